The lowest BCUT2D eigenvalue weighted by Gasteiger charge is -2.42. The molecule has 5 rings (SSSR count). The standard InChI is InChI=1S/C32H28INO5S2/c1-22-14-17-25(18-15-22)40(36,37)21-32(3)29(30(33)24-10-6-4-7-11-24)27-20-23(2)16-19-28(27)34(31(32)35)41(38,39)26-12-8-5-9-13-26/h4-20H,21H2,1-3H3/b30-29-. The van der Waals surface area contributed by atoms with Gasteiger partial charge < -0.3 is 0 Å². The molecule has 0 fully saturated rings. The van der Waals surface area contributed by atoms with E-state index in [0.29, 0.717) is 14.7 Å². The van der Waals surface area contributed by atoms with Crippen LogP contribution in [0.15, 0.2) is 113 Å². The van der Waals surface area contributed by atoms with Gasteiger partial charge in [0.25, 0.3) is 15.9 Å². The van der Waals surface area contributed by atoms with Crippen molar-refractivity contribution in [2.24, 2.45) is 5.41 Å². The summed E-state index contributed by atoms with van der Waals surface area (Å²) in [6.07, 6.45) is 0. The fourth-order valence-electron chi connectivity index (χ4n) is 5.13. The van der Waals surface area contributed by atoms with Crippen LogP contribution in [-0.4, -0.2) is 28.5 Å². The third kappa shape index (κ3) is 5.26. The molecule has 210 valence electrons. The number of halogens is 1. The van der Waals surface area contributed by atoms with Gasteiger partial charge in [-0.05, 0) is 90.9 Å². The van der Waals surface area contributed by atoms with Crippen LogP contribution in [0.1, 0.15) is 29.2 Å². The van der Waals surface area contributed by atoms with Crippen molar-refractivity contribution in [1.29, 1.82) is 0 Å². The molecule has 0 bridgehead atoms. The highest BCUT2D eigenvalue weighted by Gasteiger charge is 2.53. The first-order chi connectivity index (χ1) is 19.4. The van der Waals surface area contributed by atoms with Gasteiger partial charge in [-0.2, -0.15) is 0 Å². The monoisotopic (exact) mass is 697 g/mol. The van der Waals surface area contributed by atoms with Crippen LogP contribution in [0, 0.1) is 19.3 Å². The highest BCUT2D eigenvalue weighted by Crippen LogP contribution is 2.53. The number of sulfone groups is 1. The highest BCUT2D eigenvalue weighted by atomic mass is 127. The Kier molecular flexibility index (Phi) is 7.73. The quantitative estimate of drug-likeness (QED) is 0.207. The number of rotatable bonds is 6. The Labute approximate surface area is 254 Å². The molecule has 1 aliphatic heterocycles. The number of benzene rings is 4. The van der Waals surface area contributed by atoms with Gasteiger partial charge in [-0.15, -0.1) is 0 Å². The van der Waals surface area contributed by atoms with E-state index < -0.39 is 36.9 Å². The lowest BCUT2D eigenvalue weighted by atomic mass is 9.75. The average Bonchev–Trinajstić information content (AvgIpc) is 2.94. The number of hydrogen-bond acceptors (Lipinski definition) is 5. The maximum absolute atomic E-state index is 14.7. The summed E-state index contributed by atoms with van der Waals surface area (Å²) in [7, 11) is -8.43. The Bertz CT molecular complexity index is 1890. The molecule has 41 heavy (non-hydrogen) atoms. The minimum absolute atomic E-state index is 0.0613. The average molecular weight is 698 g/mol. The molecule has 1 amide bonds. The van der Waals surface area contributed by atoms with E-state index in [9.17, 15) is 21.6 Å². The first-order valence-electron chi connectivity index (χ1n) is 12.9. The third-order valence-electron chi connectivity index (χ3n) is 7.24. The summed E-state index contributed by atoms with van der Waals surface area (Å²) < 4.78 is 57.5. The van der Waals surface area contributed by atoms with Crippen LogP contribution in [0.2, 0.25) is 0 Å². The lowest BCUT2D eigenvalue weighted by molar-refractivity contribution is -0.122. The number of sulfonamides is 1. The normalized spacial score (nSPS) is 18.6. The molecule has 0 aromatic heterocycles. The zero-order valence-electron chi connectivity index (χ0n) is 22.7. The Balaban J connectivity index is 1.84. The predicted octanol–water partition coefficient (Wildman–Crippen LogP) is 6.82. The van der Waals surface area contributed by atoms with E-state index in [4.69, 9.17) is 0 Å². The largest absolute Gasteiger partial charge is 0.272 e. The van der Waals surface area contributed by atoms with Crippen LogP contribution in [0.4, 0.5) is 5.69 Å². The molecule has 1 heterocycles. The van der Waals surface area contributed by atoms with Crippen molar-refractivity contribution in [2.75, 3.05) is 10.1 Å². The molecule has 1 unspecified atom stereocenters. The van der Waals surface area contributed by atoms with E-state index in [1.54, 1.807) is 42.5 Å². The summed E-state index contributed by atoms with van der Waals surface area (Å²) in [6, 6.07) is 28.7. The third-order valence-corrected chi connectivity index (χ3v) is 12.1. The maximum Gasteiger partial charge on any atom is 0.270 e. The molecule has 1 aliphatic rings. The fraction of sp³-hybridized carbons (Fsp3) is 0.156. The van der Waals surface area contributed by atoms with Gasteiger partial charge in [0.1, 0.15) is 0 Å². The predicted molar refractivity (Wildman–Crippen MR) is 171 cm³/mol. The number of hydrogen-bond donors (Lipinski definition) is 0. The van der Waals surface area contributed by atoms with Crippen molar-refractivity contribution < 1.29 is 21.6 Å². The number of amides is 1. The van der Waals surface area contributed by atoms with Crippen molar-refractivity contribution in [2.45, 2.75) is 30.6 Å². The lowest BCUT2D eigenvalue weighted by Crippen LogP contribution is -2.52. The molecule has 0 N–H and O–H groups in total. The minimum Gasteiger partial charge on any atom is -0.272 e. The van der Waals surface area contributed by atoms with Crippen LogP contribution < -0.4 is 4.31 Å². The number of fused-ring (bicyclic) bond motifs is 1. The van der Waals surface area contributed by atoms with Gasteiger partial charge in [0.2, 0.25) is 0 Å². The SMILES string of the molecule is Cc1ccc(S(=O)(=O)CC2(C)C(=O)N(S(=O)(=O)c3ccccc3)c3ccc(C)cc3/C2=C(/I)c2ccccc2)cc1. The van der Waals surface area contributed by atoms with Crippen LogP contribution in [0.3, 0.4) is 0 Å². The molecule has 0 saturated carbocycles. The maximum atomic E-state index is 14.7. The summed E-state index contributed by atoms with van der Waals surface area (Å²) in [5.74, 6) is -1.45. The van der Waals surface area contributed by atoms with Crippen LogP contribution in [0.25, 0.3) is 9.15 Å². The zero-order chi connectivity index (χ0) is 29.6. The number of nitrogens with zero attached hydrogens (tertiary/aromatic N) is 1. The van der Waals surface area contributed by atoms with Crippen LogP contribution in [-0.2, 0) is 24.7 Å². The molecule has 9 heteroatoms. The van der Waals surface area contributed by atoms with Crippen molar-refractivity contribution >= 4 is 63.2 Å². The molecule has 0 aliphatic carbocycles. The van der Waals surface area contributed by atoms with E-state index in [0.717, 1.165) is 21.0 Å². The Morgan fingerprint density at radius 1 is 0.756 bits per heavy atom. The second-order valence-corrected chi connectivity index (χ2v) is 15.2. The minimum atomic E-state index is -4.38. The zero-order valence-corrected chi connectivity index (χ0v) is 26.5. The number of carbonyl (C=O) groups is 1. The molecule has 6 nitrogen and oxygen atoms in total. The molecule has 0 spiro atoms. The Hall–Kier alpha value is -3.28. The number of carbonyl (C=O) groups excluding carboxylic acids is 1. The second-order valence-electron chi connectivity index (χ2n) is 10.4. The van der Waals surface area contributed by atoms with E-state index in [1.807, 2.05) is 50.2 Å². The molecule has 0 saturated heterocycles. The summed E-state index contributed by atoms with van der Waals surface area (Å²) in [5.41, 5.74) is 1.94. The van der Waals surface area contributed by atoms with Crippen molar-refractivity contribution in [3.8, 4) is 0 Å². The van der Waals surface area contributed by atoms with Crippen molar-refractivity contribution in [3.05, 3.63) is 125 Å². The van der Waals surface area contributed by atoms with Gasteiger partial charge in [0, 0.05) is 9.14 Å². The van der Waals surface area contributed by atoms with Crippen LogP contribution >= 0.6 is 22.6 Å². The Morgan fingerprint density at radius 2 is 1.32 bits per heavy atom. The first-order valence-corrected chi connectivity index (χ1v) is 17.0. The second kappa shape index (κ2) is 10.8. The highest BCUT2D eigenvalue weighted by molar-refractivity contribution is 14.1. The summed E-state index contributed by atoms with van der Waals surface area (Å²) >= 11 is 2.15. The molecular weight excluding hydrogens is 669 g/mol. The number of anilines is 1. The topological polar surface area (TPSA) is 88.6 Å². The Morgan fingerprint density at radius 3 is 1.93 bits per heavy atom. The molecule has 1 atom stereocenters. The number of aryl methyl sites for hydroxylation is 2. The fourth-order valence-corrected chi connectivity index (χ4v) is 9.67. The summed E-state index contributed by atoms with van der Waals surface area (Å²) in [5, 5.41) is 0. The van der Waals surface area contributed by atoms with E-state index in [2.05, 4.69) is 22.6 Å². The van der Waals surface area contributed by atoms with Crippen LogP contribution in [0.5, 0.6) is 0 Å². The first kappa shape index (κ1) is 29.2. The van der Waals surface area contributed by atoms with E-state index in [-0.39, 0.29) is 15.5 Å². The smallest absolute Gasteiger partial charge is 0.270 e. The molecule has 4 aromatic rings. The van der Waals surface area contributed by atoms with Crippen molar-refractivity contribution in [3.63, 3.8) is 0 Å². The van der Waals surface area contributed by atoms with Gasteiger partial charge in [-0.3, -0.25) is 4.79 Å². The van der Waals surface area contributed by atoms with Gasteiger partial charge >= 0.3 is 0 Å². The van der Waals surface area contributed by atoms with E-state index in [1.165, 1.54) is 31.2 Å². The van der Waals surface area contributed by atoms with Gasteiger partial charge in [0.05, 0.1) is 26.6 Å². The van der Waals surface area contributed by atoms with Crippen molar-refractivity contribution in [1.82, 2.24) is 0 Å². The van der Waals surface area contributed by atoms with Gasteiger partial charge in [0.15, 0.2) is 9.84 Å². The molecule has 0 radical (unpaired) electrons. The van der Waals surface area contributed by atoms with Gasteiger partial charge in [-0.1, -0.05) is 77.9 Å². The van der Waals surface area contributed by atoms with Gasteiger partial charge in [-0.25, -0.2) is 21.1 Å². The van der Waals surface area contributed by atoms with E-state index >= 15 is 0 Å². The molecular formula is C32H28INO5S2. The summed E-state index contributed by atoms with van der Waals surface area (Å²) in [4.78, 5) is 14.7. The summed E-state index contributed by atoms with van der Waals surface area (Å²) in [6.45, 7) is 5.27. The molecule has 4 aromatic carbocycles.